The summed E-state index contributed by atoms with van der Waals surface area (Å²) in [6.07, 6.45) is 5.36. The maximum absolute atomic E-state index is 12.6. The number of carbonyl (C=O) groups is 1. The molecule has 2 rings (SSSR count). The summed E-state index contributed by atoms with van der Waals surface area (Å²) < 4.78 is 69.6. The highest BCUT2D eigenvalue weighted by Crippen LogP contribution is 2.43. The number of esters is 1. The minimum atomic E-state index is -5.73. The van der Waals surface area contributed by atoms with Gasteiger partial charge in [0.25, 0.3) is 0 Å². The summed E-state index contributed by atoms with van der Waals surface area (Å²) in [7, 11) is -4.37. The number of fused-ring (bicyclic) bond motifs is 1. The van der Waals surface area contributed by atoms with Crippen LogP contribution in [0, 0.1) is 11.3 Å². The summed E-state index contributed by atoms with van der Waals surface area (Å²) in [5, 5.41) is 0. The van der Waals surface area contributed by atoms with Crippen molar-refractivity contribution in [2.24, 2.45) is 11.3 Å². The lowest BCUT2D eigenvalue weighted by atomic mass is 9.66. The Hall–Kier alpha value is -1.77. The van der Waals surface area contributed by atoms with E-state index in [4.69, 9.17) is 4.74 Å². The van der Waals surface area contributed by atoms with E-state index in [1.54, 1.807) is 6.07 Å². The Balaban J connectivity index is 2.27. The summed E-state index contributed by atoms with van der Waals surface area (Å²) in [4.78, 5) is 12.6. The maximum Gasteiger partial charge on any atom is 0.534 e. The van der Waals surface area contributed by atoms with Crippen molar-refractivity contribution in [3.8, 4) is 5.75 Å². The molecule has 0 heterocycles. The van der Waals surface area contributed by atoms with Crippen molar-refractivity contribution in [2.75, 3.05) is 7.11 Å². The summed E-state index contributed by atoms with van der Waals surface area (Å²) in [5.74, 6) is -0.740. The van der Waals surface area contributed by atoms with E-state index in [0.29, 0.717) is 24.8 Å². The van der Waals surface area contributed by atoms with Crippen molar-refractivity contribution in [1.82, 2.24) is 0 Å². The van der Waals surface area contributed by atoms with Crippen LogP contribution in [-0.4, -0.2) is 27.0 Å². The van der Waals surface area contributed by atoms with Gasteiger partial charge in [-0.05, 0) is 61.8 Å². The highest BCUT2D eigenvalue weighted by atomic mass is 32.2. The second-order valence-electron chi connectivity index (χ2n) is 7.72. The minimum absolute atomic E-state index is 0.0613. The quantitative estimate of drug-likeness (QED) is 0.254. The molecule has 0 aliphatic heterocycles. The first-order valence-corrected chi connectivity index (χ1v) is 11.1. The van der Waals surface area contributed by atoms with Crippen LogP contribution in [0.5, 0.6) is 5.75 Å². The van der Waals surface area contributed by atoms with Gasteiger partial charge < -0.3 is 8.92 Å². The van der Waals surface area contributed by atoms with E-state index in [9.17, 15) is 26.4 Å². The highest BCUT2D eigenvalue weighted by molar-refractivity contribution is 7.88. The molecule has 0 saturated carbocycles. The van der Waals surface area contributed by atoms with Crippen LogP contribution in [0.1, 0.15) is 57.1 Å². The van der Waals surface area contributed by atoms with Crippen molar-refractivity contribution in [2.45, 2.75) is 64.3 Å². The SMILES string of the molecule is CCCCCC(C)(C(=O)OC)[C@@H]1CCc2ccc(OS(=O)(=O)C(F)(F)F)cc2C1. The van der Waals surface area contributed by atoms with Crippen LogP contribution in [0.25, 0.3) is 0 Å². The first-order chi connectivity index (χ1) is 13.4. The molecule has 0 fully saturated rings. The first kappa shape index (κ1) is 23.5. The molecular formula is C20H27F3O5S. The molecule has 1 aromatic carbocycles. The van der Waals surface area contributed by atoms with Gasteiger partial charge in [-0.2, -0.15) is 21.6 Å². The second kappa shape index (κ2) is 8.93. The molecular weight excluding hydrogens is 409 g/mol. The third kappa shape index (κ3) is 5.24. The average Bonchev–Trinajstić information content (AvgIpc) is 2.65. The summed E-state index contributed by atoms with van der Waals surface area (Å²) in [6, 6.07) is 4.14. The molecule has 1 aliphatic rings. The largest absolute Gasteiger partial charge is 0.534 e. The van der Waals surface area contributed by atoms with Crippen LogP contribution >= 0.6 is 0 Å². The third-order valence-corrected chi connectivity index (χ3v) is 6.73. The Bertz CT molecular complexity index is 835. The first-order valence-electron chi connectivity index (χ1n) is 9.65. The van der Waals surface area contributed by atoms with Crippen molar-refractivity contribution >= 4 is 16.1 Å². The van der Waals surface area contributed by atoms with Gasteiger partial charge in [-0.1, -0.05) is 32.3 Å². The fourth-order valence-electron chi connectivity index (χ4n) is 3.95. The predicted molar refractivity (Wildman–Crippen MR) is 102 cm³/mol. The molecule has 164 valence electrons. The number of aryl methyl sites for hydroxylation is 1. The van der Waals surface area contributed by atoms with Gasteiger partial charge >= 0.3 is 21.6 Å². The summed E-state index contributed by atoms with van der Waals surface area (Å²) in [6.45, 7) is 3.95. The number of methoxy groups -OCH3 is 1. The van der Waals surface area contributed by atoms with Gasteiger partial charge in [0.1, 0.15) is 5.75 Å². The molecule has 9 heteroatoms. The fraction of sp³-hybridized carbons (Fsp3) is 0.650. The van der Waals surface area contributed by atoms with Gasteiger partial charge in [-0.15, -0.1) is 0 Å². The number of unbranched alkanes of at least 4 members (excludes halogenated alkanes) is 2. The number of ether oxygens (including phenoxy) is 1. The zero-order valence-electron chi connectivity index (χ0n) is 16.8. The molecule has 0 bridgehead atoms. The van der Waals surface area contributed by atoms with Gasteiger partial charge in [-0.25, -0.2) is 0 Å². The lowest BCUT2D eigenvalue weighted by Gasteiger charge is -2.38. The average molecular weight is 436 g/mol. The van der Waals surface area contributed by atoms with Gasteiger partial charge in [0, 0.05) is 0 Å². The Morgan fingerprint density at radius 1 is 1.21 bits per heavy atom. The van der Waals surface area contributed by atoms with E-state index in [-0.39, 0.29) is 17.6 Å². The number of hydrogen-bond acceptors (Lipinski definition) is 5. The van der Waals surface area contributed by atoms with E-state index in [0.717, 1.165) is 31.2 Å². The van der Waals surface area contributed by atoms with Crippen LogP contribution in [0.4, 0.5) is 13.2 Å². The van der Waals surface area contributed by atoms with E-state index < -0.39 is 21.0 Å². The van der Waals surface area contributed by atoms with Crippen LogP contribution in [0.15, 0.2) is 18.2 Å². The summed E-state index contributed by atoms with van der Waals surface area (Å²) >= 11 is 0. The second-order valence-corrected chi connectivity index (χ2v) is 9.26. The lowest BCUT2D eigenvalue weighted by molar-refractivity contribution is -0.156. The molecule has 0 radical (unpaired) electrons. The molecule has 5 nitrogen and oxygen atoms in total. The lowest BCUT2D eigenvalue weighted by Crippen LogP contribution is -2.40. The molecule has 2 atom stereocenters. The van der Waals surface area contributed by atoms with Crippen molar-refractivity contribution < 1.29 is 35.3 Å². The number of rotatable bonds is 8. The van der Waals surface area contributed by atoms with E-state index in [2.05, 4.69) is 11.1 Å². The van der Waals surface area contributed by atoms with Gasteiger partial charge in [-0.3, -0.25) is 4.79 Å². The molecule has 0 spiro atoms. The van der Waals surface area contributed by atoms with E-state index in [1.165, 1.54) is 19.2 Å². The van der Waals surface area contributed by atoms with Crippen molar-refractivity contribution in [3.63, 3.8) is 0 Å². The molecule has 0 N–H and O–H groups in total. The maximum atomic E-state index is 12.6. The Morgan fingerprint density at radius 3 is 2.48 bits per heavy atom. The molecule has 1 aromatic rings. The van der Waals surface area contributed by atoms with Crippen molar-refractivity contribution in [3.05, 3.63) is 29.3 Å². The zero-order chi connectivity index (χ0) is 21.9. The Morgan fingerprint density at radius 2 is 1.90 bits per heavy atom. The molecule has 1 aliphatic carbocycles. The van der Waals surface area contributed by atoms with Crippen LogP contribution in [-0.2, 0) is 32.5 Å². The summed E-state index contributed by atoms with van der Waals surface area (Å²) in [5.41, 5.74) is -4.59. The van der Waals surface area contributed by atoms with Crippen LogP contribution < -0.4 is 4.18 Å². The highest BCUT2D eigenvalue weighted by Gasteiger charge is 2.49. The third-order valence-electron chi connectivity index (χ3n) is 5.75. The van der Waals surface area contributed by atoms with Gasteiger partial charge in [0.2, 0.25) is 0 Å². The number of alkyl halides is 3. The molecule has 0 saturated heterocycles. The Labute approximate surface area is 169 Å². The van der Waals surface area contributed by atoms with Crippen LogP contribution in [0.2, 0.25) is 0 Å². The Kier molecular flexibility index (Phi) is 7.24. The minimum Gasteiger partial charge on any atom is -0.469 e. The fourth-order valence-corrected chi connectivity index (χ4v) is 4.40. The van der Waals surface area contributed by atoms with E-state index in [1.807, 2.05) is 6.92 Å². The molecule has 0 aromatic heterocycles. The van der Waals surface area contributed by atoms with Gasteiger partial charge in [0.05, 0.1) is 12.5 Å². The monoisotopic (exact) mass is 436 g/mol. The molecule has 29 heavy (non-hydrogen) atoms. The molecule has 0 amide bonds. The number of carbonyl (C=O) groups excluding carboxylic acids is 1. The van der Waals surface area contributed by atoms with Crippen molar-refractivity contribution in [1.29, 1.82) is 0 Å². The predicted octanol–water partition coefficient (Wildman–Crippen LogP) is 4.78. The normalized spacial score (nSPS) is 19.2. The number of hydrogen-bond donors (Lipinski definition) is 0. The number of halogens is 3. The standard InChI is InChI=1S/C20H27F3O5S/c1-4-5-6-11-19(2,18(24)27-3)16-9-7-14-8-10-17(13-15(14)12-16)28-29(25,26)20(21,22)23/h8,10,13,16H,4-7,9,11-12H2,1-3H3/t16-,19?/m1/s1. The number of benzene rings is 1. The van der Waals surface area contributed by atoms with E-state index >= 15 is 0 Å². The zero-order valence-corrected chi connectivity index (χ0v) is 17.7. The molecule has 1 unspecified atom stereocenters. The van der Waals surface area contributed by atoms with Gasteiger partial charge in [0.15, 0.2) is 0 Å². The topological polar surface area (TPSA) is 69.7 Å². The van der Waals surface area contributed by atoms with Crippen LogP contribution in [0.3, 0.4) is 0 Å². The smallest absolute Gasteiger partial charge is 0.469 e.